The van der Waals surface area contributed by atoms with Crippen molar-refractivity contribution in [1.82, 2.24) is 5.32 Å². The van der Waals surface area contributed by atoms with Gasteiger partial charge in [0.25, 0.3) is 0 Å². The summed E-state index contributed by atoms with van der Waals surface area (Å²) in [6, 6.07) is 8.96. The van der Waals surface area contributed by atoms with Gasteiger partial charge in [0.15, 0.2) is 0 Å². The third kappa shape index (κ3) is 3.67. The molecular weight excluding hydrogens is 434 g/mol. The zero-order valence-electron chi connectivity index (χ0n) is 19.0. The minimum atomic E-state index is -1.43. The maximum absolute atomic E-state index is 12.9. The van der Waals surface area contributed by atoms with E-state index in [4.69, 9.17) is 8.83 Å². The molecule has 5 rings (SSSR count). The van der Waals surface area contributed by atoms with Gasteiger partial charge < -0.3 is 24.1 Å². The number of carbonyl (C=O) groups excluding carboxylic acids is 2. The minimum absolute atomic E-state index is 0.200. The van der Waals surface area contributed by atoms with E-state index in [0.29, 0.717) is 16.7 Å². The van der Waals surface area contributed by atoms with Gasteiger partial charge >= 0.3 is 5.63 Å². The second-order valence-corrected chi connectivity index (χ2v) is 8.87. The van der Waals surface area contributed by atoms with Crippen LogP contribution in [-0.4, -0.2) is 11.9 Å². The van der Waals surface area contributed by atoms with Crippen LogP contribution in [0, 0.1) is 13.8 Å². The number of aliphatic carboxylic acids is 1. The second kappa shape index (κ2) is 8.48. The zero-order chi connectivity index (χ0) is 24.0. The Morgan fingerprint density at radius 3 is 2.44 bits per heavy atom. The first-order valence-corrected chi connectivity index (χ1v) is 11.4. The lowest BCUT2D eigenvalue weighted by molar-refractivity contribution is -0.308. The van der Waals surface area contributed by atoms with Crippen molar-refractivity contribution < 1.29 is 23.5 Å². The molecule has 0 spiro atoms. The Kier molecular flexibility index (Phi) is 5.48. The molecule has 7 nitrogen and oxygen atoms in total. The van der Waals surface area contributed by atoms with Gasteiger partial charge in [0.1, 0.15) is 16.9 Å². The summed E-state index contributed by atoms with van der Waals surface area (Å²) in [5.74, 6) is -1.04. The summed E-state index contributed by atoms with van der Waals surface area (Å²) in [6.45, 7) is 3.66. The van der Waals surface area contributed by atoms with E-state index in [9.17, 15) is 19.5 Å². The monoisotopic (exact) mass is 458 g/mol. The first-order valence-electron chi connectivity index (χ1n) is 11.4. The molecule has 1 N–H and O–H groups in total. The number of amides is 1. The maximum atomic E-state index is 12.9. The van der Waals surface area contributed by atoms with Crippen LogP contribution in [0.15, 0.2) is 50.0 Å². The fourth-order valence-electron chi connectivity index (χ4n) is 4.92. The van der Waals surface area contributed by atoms with Gasteiger partial charge in [-0.15, -0.1) is 0 Å². The predicted octanol–water partition coefficient (Wildman–Crippen LogP) is 3.18. The lowest BCUT2D eigenvalue weighted by Crippen LogP contribution is -2.42. The summed E-state index contributed by atoms with van der Waals surface area (Å²) in [4.78, 5) is 37.3. The first kappa shape index (κ1) is 21.9. The molecule has 0 aliphatic heterocycles. The molecule has 1 aliphatic rings. The predicted molar refractivity (Wildman–Crippen MR) is 124 cm³/mol. The highest BCUT2D eigenvalue weighted by atomic mass is 16.4. The van der Waals surface area contributed by atoms with Gasteiger partial charge in [-0.05, 0) is 50.3 Å². The van der Waals surface area contributed by atoms with Crippen molar-refractivity contribution in [2.75, 3.05) is 0 Å². The Morgan fingerprint density at radius 2 is 1.71 bits per heavy atom. The lowest BCUT2D eigenvalue weighted by atomic mass is 9.93. The van der Waals surface area contributed by atoms with Gasteiger partial charge in [0, 0.05) is 28.3 Å². The van der Waals surface area contributed by atoms with E-state index in [1.807, 2.05) is 13.0 Å². The molecule has 0 fully saturated rings. The lowest BCUT2D eigenvalue weighted by Gasteiger charge is -2.20. The second-order valence-electron chi connectivity index (χ2n) is 8.87. The summed E-state index contributed by atoms with van der Waals surface area (Å²) >= 11 is 0. The minimum Gasteiger partial charge on any atom is -0.548 e. The van der Waals surface area contributed by atoms with Crippen molar-refractivity contribution >= 4 is 33.8 Å². The van der Waals surface area contributed by atoms with Crippen LogP contribution in [0.25, 0.3) is 21.9 Å². The Bertz CT molecular complexity index is 1500. The number of rotatable bonds is 5. The highest BCUT2D eigenvalue weighted by molar-refractivity contribution is 6.00. The molecule has 1 amide bonds. The van der Waals surface area contributed by atoms with Crippen LogP contribution < -0.4 is 16.0 Å². The normalized spacial score (nSPS) is 14.2. The summed E-state index contributed by atoms with van der Waals surface area (Å²) in [5, 5.41) is 15.9. The SMILES string of the molecule is Cc1c(CC(=O)N[C@@H](C(=O)[O-])c2ccccc2)c(=O)oc2c(C)c3oc4c(c3cc12)CCCC4. The van der Waals surface area contributed by atoms with Crippen LogP contribution in [-0.2, 0) is 28.9 Å². The third-order valence-corrected chi connectivity index (χ3v) is 6.74. The van der Waals surface area contributed by atoms with Crippen LogP contribution in [0.2, 0.25) is 0 Å². The van der Waals surface area contributed by atoms with Gasteiger partial charge in [0.05, 0.1) is 24.0 Å². The van der Waals surface area contributed by atoms with Crippen LogP contribution in [0.4, 0.5) is 0 Å². The van der Waals surface area contributed by atoms with E-state index in [-0.39, 0.29) is 12.0 Å². The van der Waals surface area contributed by atoms with Gasteiger partial charge in [-0.25, -0.2) is 4.79 Å². The number of carboxylic acid groups (broad SMARTS) is 1. The molecule has 4 aromatic rings. The molecule has 1 aliphatic carbocycles. The molecule has 0 bridgehead atoms. The number of fused-ring (bicyclic) bond motifs is 4. The topological polar surface area (TPSA) is 113 Å². The van der Waals surface area contributed by atoms with E-state index in [1.165, 1.54) is 5.56 Å². The average molecular weight is 458 g/mol. The van der Waals surface area contributed by atoms with Crippen molar-refractivity contribution in [3.63, 3.8) is 0 Å². The fraction of sp³-hybridized carbons (Fsp3) is 0.296. The Balaban J connectivity index is 1.53. The van der Waals surface area contributed by atoms with Gasteiger partial charge in [-0.1, -0.05) is 30.3 Å². The molecule has 0 saturated carbocycles. The molecule has 0 unspecified atom stereocenters. The van der Waals surface area contributed by atoms with Crippen LogP contribution in [0.3, 0.4) is 0 Å². The molecule has 174 valence electrons. The standard InChI is InChI=1S/C27H25NO6/c1-14-18-12-20-17-10-6-7-11-21(17)33-25(20)15(2)24(18)34-27(32)19(14)13-22(29)28-23(26(30)31)16-8-4-3-5-9-16/h3-5,8-9,12,23H,6-7,10-11,13H2,1-2H3,(H,28,29)(H,30,31)/p-1/t23-/m1/s1. The van der Waals surface area contributed by atoms with Gasteiger partial charge in [-0.3, -0.25) is 4.79 Å². The number of carboxylic acids is 1. The van der Waals surface area contributed by atoms with Crippen LogP contribution >= 0.6 is 0 Å². The number of hydrogen-bond acceptors (Lipinski definition) is 6. The molecule has 34 heavy (non-hydrogen) atoms. The van der Waals surface area contributed by atoms with Crippen molar-refractivity contribution in [2.45, 2.75) is 52.0 Å². The molecule has 1 atom stereocenters. The number of aryl methyl sites for hydroxylation is 4. The Labute approximate surface area is 195 Å². The van der Waals surface area contributed by atoms with Crippen molar-refractivity contribution in [2.24, 2.45) is 0 Å². The highest BCUT2D eigenvalue weighted by Gasteiger charge is 2.24. The Hall–Kier alpha value is -3.87. The molecule has 2 aromatic carbocycles. The molecule has 2 heterocycles. The highest BCUT2D eigenvalue weighted by Crippen LogP contribution is 2.37. The van der Waals surface area contributed by atoms with Gasteiger partial charge in [-0.2, -0.15) is 0 Å². The van der Waals surface area contributed by atoms with Crippen LogP contribution in [0.5, 0.6) is 0 Å². The van der Waals surface area contributed by atoms with E-state index in [0.717, 1.165) is 53.4 Å². The smallest absolute Gasteiger partial charge is 0.340 e. The number of nitrogens with one attached hydrogen (secondary N) is 1. The Morgan fingerprint density at radius 1 is 1.00 bits per heavy atom. The number of furan rings is 1. The summed E-state index contributed by atoms with van der Waals surface area (Å²) in [5.41, 5.74) is 3.77. The van der Waals surface area contributed by atoms with E-state index < -0.39 is 23.5 Å². The van der Waals surface area contributed by atoms with E-state index >= 15 is 0 Å². The van der Waals surface area contributed by atoms with Crippen molar-refractivity contribution in [3.8, 4) is 0 Å². The molecule has 0 radical (unpaired) electrons. The van der Waals surface area contributed by atoms with Gasteiger partial charge in [0.2, 0.25) is 5.91 Å². The van der Waals surface area contributed by atoms with Crippen molar-refractivity contribution in [1.29, 1.82) is 0 Å². The van der Waals surface area contributed by atoms with Crippen molar-refractivity contribution in [3.05, 3.63) is 80.4 Å². The third-order valence-electron chi connectivity index (χ3n) is 6.74. The molecule has 7 heteroatoms. The summed E-state index contributed by atoms with van der Waals surface area (Å²) in [6.07, 6.45) is 3.74. The molecule has 2 aromatic heterocycles. The molecular formula is C27H24NO6-. The number of benzene rings is 2. The maximum Gasteiger partial charge on any atom is 0.340 e. The summed E-state index contributed by atoms with van der Waals surface area (Å²) in [7, 11) is 0. The quantitative estimate of drug-likeness (QED) is 0.460. The average Bonchev–Trinajstić information content (AvgIpc) is 3.20. The first-order chi connectivity index (χ1) is 16.3. The molecule has 0 saturated heterocycles. The zero-order valence-corrected chi connectivity index (χ0v) is 19.0. The van der Waals surface area contributed by atoms with E-state index in [1.54, 1.807) is 37.3 Å². The largest absolute Gasteiger partial charge is 0.548 e. The van der Waals surface area contributed by atoms with Crippen LogP contribution in [0.1, 0.15) is 52.5 Å². The number of hydrogen-bond donors (Lipinski definition) is 1. The fourth-order valence-corrected chi connectivity index (χ4v) is 4.92. The number of carbonyl (C=O) groups is 2. The summed E-state index contributed by atoms with van der Waals surface area (Å²) < 4.78 is 11.8. The van der Waals surface area contributed by atoms with E-state index in [2.05, 4.69) is 5.32 Å².